The van der Waals surface area contributed by atoms with Crippen molar-refractivity contribution in [1.82, 2.24) is 5.32 Å². The van der Waals surface area contributed by atoms with Crippen LogP contribution >= 0.6 is 27.3 Å². The van der Waals surface area contributed by atoms with Gasteiger partial charge in [0.15, 0.2) is 0 Å². The zero-order chi connectivity index (χ0) is 14.8. The summed E-state index contributed by atoms with van der Waals surface area (Å²) in [7, 11) is 0. The molecule has 106 valence electrons. The maximum absolute atomic E-state index is 12.6. The summed E-state index contributed by atoms with van der Waals surface area (Å²) in [5.74, 6) is -0.531. The highest BCUT2D eigenvalue weighted by Crippen LogP contribution is 2.29. The first kappa shape index (κ1) is 15.1. The number of thiophene rings is 1. The van der Waals surface area contributed by atoms with Crippen LogP contribution in [0.25, 0.3) is 0 Å². The molecule has 0 aliphatic heterocycles. The maximum Gasteiger partial charge on any atom is 0.416 e. The Bertz CT molecular complexity index is 624. The lowest BCUT2D eigenvalue weighted by atomic mass is 10.1. The molecule has 0 fully saturated rings. The molecule has 0 radical (unpaired) electrons. The molecule has 0 bridgehead atoms. The molecule has 2 nitrogen and oxygen atoms in total. The van der Waals surface area contributed by atoms with E-state index >= 15 is 0 Å². The number of carbonyl (C=O) groups is 1. The summed E-state index contributed by atoms with van der Waals surface area (Å²) in [6.45, 7) is 0.271. The predicted molar refractivity (Wildman–Crippen MR) is 74.6 cm³/mol. The van der Waals surface area contributed by atoms with Crippen molar-refractivity contribution in [1.29, 1.82) is 0 Å². The Morgan fingerprint density at radius 3 is 2.65 bits per heavy atom. The number of rotatable bonds is 3. The van der Waals surface area contributed by atoms with Crippen molar-refractivity contribution in [2.75, 3.05) is 0 Å². The quantitative estimate of drug-likeness (QED) is 0.856. The summed E-state index contributed by atoms with van der Waals surface area (Å²) >= 11 is 4.77. The van der Waals surface area contributed by atoms with E-state index in [9.17, 15) is 18.0 Å². The van der Waals surface area contributed by atoms with Gasteiger partial charge in [0.05, 0.1) is 12.1 Å². The Balaban J connectivity index is 2.08. The molecule has 2 rings (SSSR count). The fraction of sp³-hybridized carbons (Fsp3) is 0.154. The topological polar surface area (TPSA) is 29.1 Å². The number of alkyl halides is 3. The second-order valence-corrected chi connectivity index (χ2v) is 5.81. The molecular formula is C13H9BrF3NOS. The van der Waals surface area contributed by atoms with Crippen molar-refractivity contribution in [3.8, 4) is 0 Å². The monoisotopic (exact) mass is 363 g/mol. The van der Waals surface area contributed by atoms with Crippen molar-refractivity contribution in [3.05, 3.63) is 56.2 Å². The van der Waals surface area contributed by atoms with E-state index < -0.39 is 17.6 Å². The van der Waals surface area contributed by atoms with Gasteiger partial charge in [0, 0.05) is 14.9 Å². The van der Waals surface area contributed by atoms with E-state index in [0.29, 0.717) is 0 Å². The molecule has 20 heavy (non-hydrogen) atoms. The number of halogens is 4. The van der Waals surface area contributed by atoms with Gasteiger partial charge < -0.3 is 5.32 Å². The van der Waals surface area contributed by atoms with Gasteiger partial charge in [-0.15, -0.1) is 11.3 Å². The van der Waals surface area contributed by atoms with Crippen molar-refractivity contribution in [2.24, 2.45) is 0 Å². The van der Waals surface area contributed by atoms with E-state index in [4.69, 9.17) is 0 Å². The number of nitrogens with one attached hydrogen (secondary N) is 1. The fourth-order valence-electron chi connectivity index (χ4n) is 1.55. The molecule has 0 spiro atoms. The van der Waals surface area contributed by atoms with E-state index in [-0.39, 0.29) is 12.1 Å². The molecule has 7 heteroatoms. The molecule has 1 heterocycles. The molecule has 1 N–H and O–H groups in total. The van der Waals surface area contributed by atoms with Gasteiger partial charge in [0.25, 0.3) is 5.91 Å². The molecule has 2 aromatic rings. The van der Waals surface area contributed by atoms with Gasteiger partial charge in [-0.25, -0.2) is 0 Å². The second kappa shape index (κ2) is 5.97. The fourth-order valence-corrected chi connectivity index (χ4v) is 2.98. The molecule has 0 atom stereocenters. The zero-order valence-corrected chi connectivity index (χ0v) is 12.4. The summed E-state index contributed by atoms with van der Waals surface area (Å²) in [5.41, 5.74) is -0.838. The Hall–Kier alpha value is -1.34. The second-order valence-electron chi connectivity index (χ2n) is 3.95. The van der Waals surface area contributed by atoms with E-state index in [1.807, 2.05) is 11.4 Å². The molecule has 1 amide bonds. The van der Waals surface area contributed by atoms with Crippen LogP contribution in [0.5, 0.6) is 0 Å². The summed E-state index contributed by atoms with van der Waals surface area (Å²) < 4.78 is 38.5. The van der Waals surface area contributed by atoms with Gasteiger partial charge >= 0.3 is 6.18 Å². The average Bonchev–Trinajstić information content (AvgIpc) is 2.81. The van der Waals surface area contributed by atoms with Crippen LogP contribution in [0.3, 0.4) is 0 Å². The highest BCUT2D eigenvalue weighted by Gasteiger charge is 2.30. The van der Waals surface area contributed by atoms with Crippen LogP contribution < -0.4 is 5.32 Å². The number of amides is 1. The first-order chi connectivity index (χ1) is 9.38. The lowest BCUT2D eigenvalue weighted by Crippen LogP contribution is -2.23. The van der Waals surface area contributed by atoms with Crippen molar-refractivity contribution in [2.45, 2.75) is 12.7 Å². The largest absolute Gasteiger partial charge is 0.416 e. The average molecular weight is 364 g/mol. The standard InChI is InChI=1S/C13H9BrF3NOS/c14-10-4-5-20-11(10)7-18-12(19)8-2-1-3-9(6-8)13(15,16)17/h1-6H,7H2,(H,18,19). The molecule has 0 saturated heterocycles. The lowest BCUT2D eigenvalue weighted by molar-refractivity contribution is -0.137. The van der Waals surface area contributed by atoms with Crippen LogP contribution in [0.1, 0.15) is 20.8 Å². The van der Waals surface area contributed by atoms with Gasteiger partial charge in [0.1, 0.15) is 0 Å². The third-order valence-corrected chi connectivity index (χ3v) is 4.48. The number of carbonyl (C=O) groups excluding carboxylic acids is 1. The van der Waals surface area contributed by atoms with Crippen LogP contribution in [-0.4, -0.2) is 5.91 Å². The third kappa shape index (κ3) is 3.61. The number of hydrogen-bond donors (Lipinski definition) is 1. The Morgan fingerprint density at radius 2 is 2.05 bits per heavy atom. The predicted octanol–water partition coefficient (Wildman–Crippen LogP) is 4.46. The Kier molecular flexibility index (Phi) is 4.49. The van der Waals surface area contributed by atoms with E-state index in [1.54, 1.807) is 0 Å². The Labute approximate surface area is 125 Å². The van der Waals surface area contributed by atoms with Gasteiger partial charge in [0.2, 0.25) is 0 Å². The normalized spacial score (nSPS) is 11.4. The highest BCUT2D eigenvalue weighted by molar-refractivity contribution is 9.10. The Morgan fingerprint density at radius 1 is 1.30 bits per heavy atom. The smallest absolute Gasteiger partial charge is 0.347 e. The SMILES string of the molecule is O=C(NCc1sccc1Br)c1cccc(C(F)(F)F)c1. The summed E-state index contributed by atoms with van der Waals surface area (Å²) in [5, 5.41) is 4.45. The minimum Gasteiger partial charge on any atom is -0.347 e. The molecule has 0 aliphatic carbocycles. The molecule has 0 aliphatic rings. The minimum absolute atomic E-state index is 0.00694. The summed E-state index contributed by atoms with van der Waals surface area (Å²) in [4.78, 5) is 12.7. The van der Waals surface area contributed by atoms with Crippen molar-refractivity contribution < 1.29 is 18.0 Å². The highest BCUT2D eigenvalue weighted by atomic mass is 79.9. The van der Waals surface area contributed by atoms with Crippen LogP contribution in [0, 0.1) is 0 Å². The van der Waals surface area contributed by atoms with Crippen LogP contribution in [0.2, 0.25) is 0 Å². The molecule has 0 saturated carbocycles. The van der Waals surface area contributed by atoms with E-state index in [1.165, 1.54) is 23.5 Å². The number of benzene rings is 1. The van der Waals surface area contributed by atoms with Crippen LogP contribution in [0.4, 0.5) is 13.2 Å². The van der Waals surface area contributed by atoms with Crippen LogP contribution in [-0.2, 0) is 12.7 Å². The van der Waals surface area contributed by atoms with Gasteiger partial charge in [-0.2, -0.15) is 13.2 Å². The van der Waals surface area contributed by atoms with E-state index in [2.05, 4.69) is 21.2 Å². The first-order valence-corrected chi connectivity index (χ1v) is 7.22. The maximum atomic E-state index is 12.6. The van der Waals surface area contributed by atoms with Gasteiger partial charge in [-0.05, 0) is 45.6 Å². The zero-order valence-electron chi connectivity index (χ0n) is 10.00. The van der Waals surface area contributed by atoms with Crippen molar-refractivity contribution in [3.63, 3.8) is 0 Å². The minimum atomic E-state index is -4.45. The lowest BCUT2D eigenvalue weighted by Gasteiger charge is -2.09. The molecule has 1 aromatic heterocycles. The molecular weight excluding hydrogens is 355 g/mol. The summed E-state index contributed by atoms with van der Waals surface area (Å²) in [6.07, 6.45) is -4.45. The third-order valence-electron chi connectivity index (χ3n) is 2.55. The molecule has 0 unspecified atom stereocenters. The first-order valence-electron chi connectivity index (χ1n) is 5.55. The van der Waals surface area contributed by atoms with Crippen molar-refractivity contribution >= 4 is 33.2 Å². The number of hydrogen-bond acceptors (Lipinski definition) is 2. The van der Waals surface area contributed by atoms with Gasteiger partial charge in [-0.3, -0.25) is 4.79 Å². The molecule has 1 aromatic carbocycles. The summed E-state index contributed by atoms with van der Waals surface area (Å²) in [6, 6.07) is 6.20. The van der Waals surface area contributed by atoms with Gasteiger partial charge in [-0.1, -0.05) is 6.07 Å². The van der Waals surface area contributed by atoms with E-state index in [0.717, 1.165) is 21.5 Å². The van der Waals surface area contributed by atoms with Crippen LogP contribution in [0.15, 0.2) is 40.2 Å².